The number of aryl methyl sites for hydroxylation is 2. The number of benzene rings is 2. The summed E-state index contributed by atoms with van der Waals surface area (Å²) in [7, 11) is 3.54. The first-order valence-corrected chi connectivity index (χ1v) is 11.9. The van der Waals surface area contributed by atoms with Crippen molar-refractivity contribution >= 4 is 27.5 Å². The molecule has 0 N–H and O–H groups in total. The lowest BCUT2D eigenvalue weighted by atomic mass is 10.1. The largest absolute Gasteiger partial charge is 0.475 e. The second-order valence-corrected chi connectivity index (χ2v) is 9.39. The van der Waals surface area contributed by atoms with Gasteiger partial charge < -0.3 is 9.26 Å². The van der Waals surface area contributed by atoms with Crippen LogP contribution in [-0.4, -0.2) is 17.7 Å². The molecular formula is C22H20F2N2O2S2. The van der Waals surface area contributed by atoms with Gasteiger partial charge in [0.25, 0.3) is 0 Å². The van der Waals surface area contributed by atoms with E-state index in [1.807, 2.05) is 26.0 Å². The first-order valence-electron chi connectivity index (χ1n) is 9.43. The van der Waals surface area contributed by atoms with Crippen molar-refractivity contribution in [1.29, 1.82) is 0 Å². The van der Waals surface area contributed by atoms with E-state index in [2.05, 4.69) is 22.3 Å². The highest BCUT2D eigenvalue weighted by Gasteiger charge is 2.26. The molecule has 8 heteroatoms. The Balaban J connectivity index is 1.34. The highest BCUT2D eigenvalue weighted by atomic mass is 33.1. The molecule has 0 saturated heterocycles. The van der Waals surface area contributed by atoms with Gasteiger partial charge in [0.05, 0.1) is 5.69 Å². The molecule has 1 atom stereocenters. The zero-order valence-corrected chi connectivity index (χ0v) is 18.2. The predicted molar refractivity (Wildman–Crippen MR) is 117 cm³/mol. The number of aromatic nitrogens is 1. The summed E-state index contributed by atoms with van der Waals surface area (Å²) in [4.78, 5) is 4.39. The first kappa shape index (κ1) is 20.9. The molecule has 1 aliphatic rings. The van der Waals surface area contributed by atoms with E-state index in [1.165, 1.54) is 23.8 Å². The summed E-state index contributed by atoms with van der Waals surface area (Å²) >= 11 is 0. The Labute approximate surface area is 181 Å². The van der Waals surface area contributed by atoms with Crippen molar-refractivity contribution < 1.29 is 18.0 Å². The van der Waals surface area contributed by atoms with Gasteiger partial charge in [-0.1, -0.05) is 57.1 Å². The third-order valence-electron chi connectivity index (χ3n) is 4.89. The average molecular weight is 447 g/mol. The zero-order chi connectivity index (χ0) is 21.1. The van der Waals surface area contributed by atoms with Crippen molar-refractivity contribution in [1.82, 2.24) is 5.16 Å². The lowest BCUT2D eigenvalue weighted by molar-refractivity contribution is 0.317. The molecule has 1 aromatic heterocycles. The van der Waals surface area contributed by atoms with Crippen LogP contribution in [0, 0.1) is 25.5 Å². The number of ether oxygens (including phenoxy) is 1. The molecule has 0 aliphatic carbocycles. The Morgan fingerprint density at radius 3 is 2.37 bits per heavy atom. The van der Waals surface area contributed by atoms with Gasteiger partial charge in [-0.25, -0.2) is 13.8 Å². The van der Waals surface area contributed by atoms with Crippen LogP contribution in [0.2, 0.25) is 0 Å². The van der Waals surface area contributed by atoms with Crippen LogP contribution in [-0.2, 0) is 16.2 Å². The van der Waals surface area contributed by atoms with Gasteiger partial charge in [-0.2, -0.15) is 0 Å². The van der Waals surface area contributed by atoms with Crippen LogP contribution in [0.1, 0.15) is 39.7 Å². The molecule has 156 valence electrons. The minimum absolute atomic E-state index is 0.0194. The summed E-state index contributed by atoms with van der Waals surface area (Å²) in [6.45, 7) is 4.15. The van der Waals surface area contributed by atoms with Gasteiger partial charge in [-0.05, 0) is 37.1 Å². The van der Waals surface area contributed by atoms with Crippen LogP contribution in [0.25, 0.3) is 0 Å². The average Bonchev–Trinajstić information content (AvgIpc) is 3.33. The van der Waals surface area contributed by atoms with E-state index < -0.39 is 11.6 Å². The maximum atomic E-state index is 14.0. The molecule has 0 amide bonds. The fourth-order valence-electron chi connectivity index (χ4n) is 3.14. The van der Waals surface area contributed by atoms with Gasteiger partial charge in [0.1, 0.15) is 35.6 Å². The van der Waals surface area contributed by atoms with Crippen molar-refractivity contribution in [2.75, 3.05) is 6.61 Å². The van der Waals surface area contributed by atoms with Gasteiger partial charge in [-0.3, -0.25) is 0 Å². The fourth-order valence-corrected chi connectivity index (χ4v) is 5.42. The molecule has 0 bridgehead atoms. The van der Waals surface area contributed by atoms with Crippen LogP contribution >= 0.6 is 21.6 Å². The van der Waals surface area contributed by atoms with Crippen molar-refractivity contribution in [3.8, 4) is 0 Å². The van der Waals surface area contributed by atoms with Crippen LogP contribution in [0.5, 0.6) is 0 Å². The Morgan fingerprint density at radius 2 is 1.70 bits per heavy atom. The van der Waals surface area contributed by atoms with Crippen molar-refractivity contribution in [3.05, 3.63) is 87.8 Å². The molecule has 0 spiro atoms. The molecule has 3 aromatic rings. The van der Waals surface area contributed by atoms with E-state index in [-0.39, 0.29) is 24.1 Å². The summed E-state index contributed by atoms with van der Waals surface area (Å²) in [6, 6.07) is 11.5. The van der Waals surface area contributed by atoms with E-state index >= 15 is 0 Å². The number of hydrogen-bond acceptors (Lipinski definition) is 6. The molecule has 0 saturated carbocycles. The maximum absolute atomic E-state index is 14.0. The predicted octanol–water partition coefficient (Wildman–Crippen LogP) is 6.17. The highest BCUT2D eigenvalue weighted by Crippen LogP contribution is 2.32. The van der Waals surface area contributed by atoms with Crippen LogP contribution in [0.3, 0.4) is 0 Å². The van der Waals surface area contributed by atoms with E-state index in [9.17, 15) is 8.78 Å². The molecular weight excluding hydrogens is 426 g/mol. The van der Waals surface area contributed by atoms with Crippen LogP contribution in [0.15, 0.2) is 52.0 Å². The molecule has 2 aromatic carbocycles. The molecule has 2 heterocycles. The van der Waals surface area contributed by atoms with E-state index in [4.69, 9.17) is 9.26 Å². The van der Waals surface area contributed by atoms with Crippen molar-refractivity contribution in [2.45, 2.75) is 31.4 Å². The Kier molecular flexibility index (Phi) is 6.43. The smallest absolute Gasteiger partial charge is 0.222 e. The lowest BCUT2D eigenvalue weighted by Gasteiger charge is -2.07. The normalized spacial score (nSPS) is 15.9. The van der Waals surface area contributed by atoms with Crippen LogP contribution < -0.4 is 0 Å². The fraction of sp³-hybridized carbons (Fsp3) is 0.273. The van der Waals surface area contributed by atoms with Crippen molar-refractivity contribution in [3.63, 3.8) is 0 Å². The Bertz CT molecular complexity index is 1030. The minimum atomic E-state index is -0.670. The molecule has 1 aliphatic heterocycles. The third kappa shape index (κ3) is 4.54. The van der Waals surface area contributed by atoms with Gasteiger partial charge in [0.2, 0.25) is 5.90 Å². The number of nitrogens with zero attached hydrogens (tertiary/aromatic N) is 2. The van der Waals surface area contributed by atoms with Gasteiger partial charge in [-0.15, -0.1) is 0 Å². The molecule has 1 unspecified atom stereocenters. The number of hydrogen-bond donors (Lipinski definition) is 0. The van der Waals surface area contributed by atoms with E-state index in [0.29, 0.717) is 0 Å². The highest BCUT2D eigenvalue weighted by molar-refractivity contribution is 8.76. The van der Waals surface area contributed by atoms with Gasteiger partial charge in [0.15, 0.2) is 0 Å². The Hall–Kier alpha value is -2.32. The second kappa shape index (κ2) is 9.22. The number of aliphatic imine (C=N–C) groups is 1. The number of rotatable bonds is 7. The van der Waals surface area contributed by atoms with Crippen molar-refractivity contribution in [2.24, 2.45) is 4.99 Å². The Morgan fingerprint density at radius 1 is 1.00 bits per heavy atom. The SMILES string of the molecule is Cc1noc(C)c1CSSCc1ccc(C2COC(c3c(F)cccc3F)=N2)cc1. The number of halogens is 2. The summed E-state index contributed by atoms with van der Waals surface area (Å²) in [5.74, 6) is 1.27. The van der Waals surface area contributed by atoms with Gasteiger partial charge >= 0.3 is 0 Å². The molecule has 0 fully saturated rings. The molecule has 4 rings (SSSR count). The quantitative estimate of drug-likeness (QED) is 0.321. The summed E-state index contributed by atoms with van der Waals surface area (Å²) in [5.41, 5.74) is 4.04. The first-order chi connectivity index (χ1) is 14.5. The van der Waals surface area contributed by atoms with E-state index in [0.717, 1.165) is 34.1 Å². The summed E-state index contributed by atoms with van der Waals surface area (Å²) < 4.78 is 38.6. The van der Waals surface area contributed by atoms with Gasteiger partial charge in [0, 0.05) is 17.1 Å². The molecule has 4 nitrogen and oxygen atoms in total. The third-order valence-corrected chi connectivity index (χ3v) is 7.12. The van der Waals surface area contributed by atoms with Crippen LogP contribution in [0.4, 0.5) is 8.78 Å². The molecule has 0 radical (unpaired) electrons. The standard InChI is InChI=1S/C22H20F2N2O2S2/c1-13-17(14(2)28-26-13)12-30-29-11-15-6-8-16(9-7-15)20-10-27-22(25-20)21-18(23)4-3-5-19(21)24/h3-9,20H,10-12H2,1-2H3. The summed E-state index contributed by atoms with van der Waals surface area (Å²) in [5, 5.41) is 3.97. The zero-order valence-electron chi connectivity index (χ0n) is 16.5. The summed E-state index contributed by atoms with van der Waals surface area (Å²) in [6.07, 6.45) is 0. The second-order valence-electron chi connectivity index (χ2n) is 6.93. The van der Waals surface area contributed by atoms with E-state index in [1.54, 1.807) is 21.6 Å². The lowest BCUT2D eigenvalue weighted by Crippen LogP contribution is -2.07. The topological polar surface area (TPSA) is 47.6 Å². The maximum Gasteiger partial charge on any atom is 0.222 e. The monoisotopic (exact) mass is 446 g/mol. The molecule has 30 heavy (non-hydrogen) atoms. The minimum Gasteiger partial charge on any atom is -0.475 e.